The first-order valence-corrected chi connectivity index (χ1v) is 11.1. The Morgan fingerprint density at radius 1 is 1.21 bits per heavy atom. The first-order chi connectivity index (χ1) is 15.8. The van der Waals surface area contributed by atoms with Crippen LogP contribution in [-0.4, -0.2) is 60.6 Å². The number of aromatic nitrogens is 2. The van der Waals surface area contributed by atoms with E-state index in [1.807, 2.05) is 16.7 Å². The van der Waals surface area contributed by atoms with Gasteiger partial charge >= 0.3 is 0 Å². The number of amides is 1. The van der Waals surface area contributed by atoms with Crippen molar-refractivity contribution in [1.29, 1.82) is 0 Å². The van der Waals surface area contributed by atoms with Gasteiger partial charge in [0.1, 0.15) is 17.3 Å². The minimum Gasteiger partial charge on any atom is -0.497 e. The third-order valence-corrected chi connectivity index (χ3v) is 6.31. The SMILES string of the molecule is COc1ccc(N2CCN(c3nccc(C(=O)NC4CCC(F)(F)CC4)n3)[C@H](C)C2)c(F)c1. The third kappa shape index (κ3) is 5.31. The number of ether oxygens (including phenoxy) is 1. The lowest BCUT2D eigenvalue weighted by Gasteiger charge is -2.41. The minimum atomic E-state index is -2.64. The predicted octanol–water partition coefficient (Wildman–Crippen LogP) is 3.65. The number of carbonyl (C=O) groups excluding carboxylic acids is 1. The van der Waals surface area contributed by atoms with E-state index in [0.29, 0.717) is 37.0 Å². The molecule has 1 aliphatic heterocycles. The molecule has 7 nitrogen and oxygen atoms in total. The van der Waals surface area contributed by atoms with E-state index in [0.717, 1.165) is 0 Å². The second kappa shape index (κ2) is 9.44. The lowest BCUT2D eigenvalue weighted by molar-refractivity contribution is -0.0399. The van der Waals surface area contributed by atoms with Gasteiger partial charge in [0.15, 0.2) is 0 Å². The van der Waals surface area contributed by atoms with Crippen molar-refractivity contribution in [2.24, 2.45) is 0 Å². The van der Waals surface area contributed by atoms with Crippen LogP contribution >= 0.6 is 0 Å². The fourth-order valence-corrected chi connectivity index (χ4v) is 4.40. The van der Waals surface area contributed by atoms with Crippen LogP contribution in [0.1, 0.15) is 43.1 Å². The van der Waals surface area contributed by atoms with E-state index in [1.54, 1.807) is 12.1 Å². The summed E-state index contributed by atoms with van der Waals surface area (Å²) >= 11 is 0. The molecular formula is C23H28F3N5O2. The van der Waals surface area contributed by atoms with E-state index in [9.17, 15) is 18.0 Å². The van der Waals surface area contributed by atoms with Crippen LogP contribution in [0.5, 0.6) is 5.75 Å². The molecule has 2 aromatic rings. The Hall–Kier alpha value is -3.04. The lowest BCUT2D eigenvalue weighted by Crippen LogP contribution is -2.53. The van der Waals surface area contributed by atoms with Crippen LogP contribution in [0, 0.1) is 5.82 Å². The molecule has 0 unspecified atom stereocenters. The van der Waals surface area contributed by atoms with E-state index in [4.69, 9.17) is 4.74 Å². The Morgan fingerprint density at radius 3 is 2.64 bits per heavy atom. The van der Waals surface area contributed by atoms with Gasteiger partial charge in [-0.25, -0.2) is 23.1 Å². The van der Waals surface area contributed by atoms with Crippen molar-refractivity contribution in [3.8, 4) is 5.75 Å². The molecule has 1 atom stereocenters. The van der Waals surface area contributed by atoms with Crippen LogP contribution in [0.15, 0.2) is 30.5 Å². The Morgan fingerprint density at radius 2 is 1.97 bits per heavy atom. The van der Waals surface area contributed by atoms with Gasteiger partial charge in [-0.15, -0.1) is 0 Å². The van der Waals surface area contributed by atoms with Crippen LogP contribution in [-0.2, 0) is 0 Å². The summed E-state index contributed by atoms with van der Waals surface area (Å²) in [5.74, 6) is -2.49. The molecule has 1 saturated carbocycles. The molecule has 178 valence electrons. The van der Waals surface area contributed by atoms with E-state index < -0.39 is 5.92 Å². The summed E-state index contributed by atoms with van der Waals surface area (Å²) in [4.78, 5) is 25.3. The van der Waals surface area contributed by atoms with E-state index >= 15 is 0 Å². The van der Waals surface area contributed by atoms with Crippen molar-refractivity contribution in [3.05, 3.63) is 42.0 Å². The second-order valence-electron chi connectivity index (χ2n) is 8.65. The number of rotatable bonds is 5. The molecule has 0 bridgehead atoms. The Kier molecular flexibility index (Phi) is 6.62. The van der Waals surface area contributed by atoms with Gasteiger partial charge in [0.2, 0.25) is 11.9 Å². The van der Waals surface area contributed by atoms with Crippen LogP contribution < -0.4 is 19.9 Å². The van der Waals surface area contributed by atoms with E-state index in [1.165, 1.54) is 25.4 Å². The summed E-state index contributed by atoms with van der Waals surface area (Å²) in [5, 5.41) is 2.82. The third-order valence-electron chi connectivity index (χ3n) is 6.31. The molecule has 1 N–H and O–H groups in total. The normalized spacial score (nSPS) is 21.1. The number of anilines is 2. The Labute approximate surface area is 191 Å². The molecule has 1 amide bonds. The first kappa shape index (κ1) is 23.1. The molecule has 10 heteroatoms. The number of hydrogen-bond donors (Lipinski definition) is 1. The molecule has 2 aliphatic rings. The van der Waals surface area contributed by atoms with Gasteiger partial charge in [0.05, 0.1) is 12.8 Å². The maximum Gasteiger partial charge on any atom is 0.270 e. The highest BCUT2D eigenvalue weighted by Gasteiger charge is 2.35. The highest BCUT2D eigenvalue weighted by molar-refractivity contribution is 5.92. The monoisotopic (exact) mass is 463 g/mol. The number of alkyl halides is 2. The largest absolute Gasteiger partial charge is 0.497 e. The molecule has 0 spiro atoms. The molecule has 1 aromatic heterocycles. The maximum absolute atomic E-state index is 14.5. The molecule has 33 heavy (non-hydrogen) atoms. The lowest BCUT2D eigenvalue weighted by atomic mass is 9.92. The smallest absolute Gasteiger partial charge is 0.270 e. The standard InChI is InChI=1S/C23H28F3N5O2/c1-15-14-30(20-4-3-17(33-2)13-18(20)24)11-12-31(15)22-27-10-7-19(29-22)21(32)28-16-5-8-23(25,26)9-6-16/h3-4,7,10,13,15-16H,5-6,8-9,11-12,14H2,1-2H3,(H,28,32)/t15-/m1/s1. The van der Waals surface area contributed by atoms with Crippen molar-refractivity contribution in [3.63, 3.8) is 0 Å². The minimum absolute atomic E-state index is 0.0286. The van der Waals surface area contributed by atoms with E-state index in [-0.39, 0.29) is 55.2 Å². The number of methoxy groups -OCH3 is 1. The van der Waals surface area contributed by atoms with Gasteiger partial charge in [0, 0.05) is 56.8 Å². The highest BCUT2D eigenvalue weighted by Crippen LogP contribution is 2.33. The topological polar surface area (TPSA) is 70.6 Å². The molecular weight excluding hydrogens is 435 g/mol. The maximum atomic E-state index is 14.5. The molecule has 2 fully saturated rings. The van der Waals surface area contributed by atoms with E-state index in [2.05, 4.69) is 15.3 Å². The van der Waals surface area contributed by atoms with Crippen LogP contribution in [0.3, 0.4) is 0 Å². The summed E-state index contributed by atoms with van der Waals surface area (Å²) in [7, 11) is 1.50. The zero-order valence-corrected chi connectivity index (χ0v) is 18.7. The van der Waals surface area contributed by atoms with Crippen LogP contribution in [0.25, 0.3) is 0 Å². The van der Waals surface area contributed by atoms with Gasteiger partial charge in [0.25, 0.3) is 5.91 Å². The van der Waals surface area contributed by atoms with Gasteiger partial charge in [-0.1, -0.05) is 0 Å². The quantitative estimate of drug-likeness (QED) is 0.730. The fourth-order valence-electron chi connectivity index (χ4n) is 4.40. The summed E-state index contributed by atoms with van der Waals surface area (Å²) in [6.45, 7) is 3.66. The molecule has 1 aromatic carbocycles. The number of benzene rings is 1. The number of piperazine rings is 1. The van der Waals surface area contributed by atoms with Crippen molar-refractivity contribution < 1.29 is 22.7 Å². The van der Waals surface area contributed by atoms with Gasteiger partial charge in [-0.05, 0) is 38.0 Å². The van der Waals surface area contributed by atoms with Crippen molar-refractivity contribution in [1.82, 2.24) is 15.3 Å². The van der Waals surface area contributed by atoms with Crippen LogP contribution in [0.2, 0.25) is 0 Å². The van der Waals surface area contributed by atoms with Crippen molar-refractivity contribution in [2.45, 2.75) is 50.6 Å². The molecule has 2 heterocycles. The highest BCUT2D eigenvalue weighted by atomic mass is 19.3. The molecule has 4 rings (SSSR count). The number of nitrogens with one attached hydrogen (secondary N) is 1. The first-order valence-electron chi connectivity index (χ1n) is 11.1. The number of nitrogens with zero attached hydrogens (tertiary/aromatic N) is 4. The Bertz CT molecular complexity index is 996. The Balaban J connectivity index is 1.40. The van der Waals surface area contributed by atoms with Crippen molar-refractivity contribution >= 4 is 17.5 Å². The van der Waals surface area contributed by atoms with Gasteiger partial charge < -0.3 is 19.9 Å². The average molecular weight is 464 g/mol. The van der Waals surface area contributed by atoms with Gasteiger partial charge in [-0.3, -0.25) is 4.79 Å². The number of carbonyl (C=O) groups is 1. The summed E-state index contributed by atoms with van der Waals surface area (Å²) in [6, 6.07) is 6.01. The molecule has 1 saturated heterocycles. The van der Waals surface area contributed by atoms with Crippen molar-refractivity contribution in [2.75, 3.05) is 36.5 Å². The molecule has 0 radical (unpaired) electrons. The van der Waals surface area contributed by atoms with Crippen LogP contribution in [0.4, 0.5) is 24.8 Å². The summed E-state index contributed by atoms with van der Waals surface area (Å²) < 4.78 is 46.3. The fraction of sp³-hybridized carbons (Fsp3) is 0.522. The summed E-state index contributed by atoms with van der Waals surface area (Å²) in [5.41, 5.74) is 0.711. The van der Waals surface area contributed by atoms with Gasteiger partial charge in [-0.2, -0.15) is 0 Å². The molecule has 1 aliphatic carbocycles. The summed E-state index contributed by atoms with van der Waals surface area (Å²) in [6.07, 6.45) is 1.58. The average Bonchev–Trinajstić information content (AvgIpc) is 2.80. The second-order valence-corrected chi connectivity index (χ2v) is 8.65. The number of hydrogen-bond acceptors (Lipinski definition) is 6. The zero-order valence-electron chi connectivity index (χ0n) is 18.7. The zero-order chi connectivity index (χ0) is 23.6. The predicted molar refractivity (Wildman–Crippen MR) is 119 cm³/mol. The number of halogens is 3.